The first kappa shape index (κ1) is 14.8. The van der Waals surface area contributed by atoms with Gasteiger partial charge in [0.25, 0.3) is 0 Å². The second-order valence-electron chi connectivity index (χ2n) is 5.01. The number of amides is 1. The summed E-state index contributed by atoms with van der Waals surface area (Å²) < 4.78 is 0.206. The highest BCUT2D eigenvalue weighted by Crippen LogP contribution is 2.29. The van der Waals surface area contributed by atoms with E-state index in [0.717, 1.165) is 32.4 Å². The molecular weight excluding hydrogens is 232 g/mol. The van der Waals surface area contributed by atoms with Gasteiger partial charge in [-0.3, -0.25) is 4.79 Å². The third-order valence-corrected chi connectivity index (χ3v) is 5.71. The van der Waals surface area contributed by atoms with Crippen LogP contribution < -0.4 is 10.6 Å². The molecule has 0 aromatic carbocycles. The number of thioether (sulfide) groups is 1. The molecule has 2 unspecified atom stereocenters. The van der Waals surface area contributed by atoms with E-state index in [2.05, 4.69) is 37.7 Å². The first-order valence-electron chi connectivity index (χ1n) is 6.64. The summed E-state index contributed by atoms with van der Waals surface area (Å²) in [5, 5.41) is 6.40. The van der Waals surface area contributed by atoms with E-state index in [1.54, 1.807) is 0 Å². The lowest BCUT2D eigenvalue weighted by atomic mass is 10.0. The molecule has 1 rings (SSSR count). The van der Waals surface area contributed by atoms with Gasteiger partial charge in [-0.25, -0.2) is 0 Å². The Labute approximate surface area is 109 Å². The van der Waals surface area contributed by atoms with Crippen molar-refractivity contribution in [1.82, 2.24) is 10.6 Å². The van der Waals surface area contributed by atoms with Crippen LogP contribution in [0.1, 0.15) is 40.0 Å². The topological polar surface area (TPSA) is 41.1 Å². The van der Waals surface area contributed by atoms with Crippen LogP contribution >= 0.6 is 11.8 Å². The van der Waals surface area contributed by atoms with Crippen LogP contribution in [-0.4, -0.2) is 36.0 Å². The smallest absolute Gasteiger partial charge is 0.237 e. The van der Waals surface area contributed by atoms with Gasteiger partial charge in [-0.1, -0.05) is 20.8 Å². The molecule has 1 saturated heterocycles. The fourth-order valence-corrected chi connectivity index (χ4v) is 3.20. The molecule has 2 N–H and O–H groups in total. The highest BCUT2D eigenvalue weighted by molar-refractivity contribution is 8.00. The van der Waals surface area contributed by atoms with Crippen molar-refractivity contribution >= 4 is 17.7 Å². The van der Waals surface area contributed by atoms with Crippen molar-refractivity contribution < 1.29 is 4.79 Å². The second-order valence-corrected chi connectivity index (χ2v) is 6.28. The molecule has 0 aromatic rings. The largest absolute Gasteiger partial charge is 0.353 e. The van der Waals surface area contributed by atoms with Gasteiger partial charge in [0.2, 0.25) is 5.91 Å². The van der Waals surface area contributed by atoms with E-state index in [1.807, 2.05) is 11.8 Å². The molecule has 0 spiro atoms. The number of nitrogens with one attached hydrogen (secondary N) is 2. The van der Waals surface area contributed by atoms with Crippen LogP contribution in [0.5, 0.6) is 0 Å². The van der Waals surface area contributed by atoms with Crippen molar-refractivity contribution in [2.24, 2.45) is 5.92 Å². The van der Waals surface area contributed by atoms with Crippen molar-refractivity contribution in [3.05, 3.63) is 0 Å². The van der Waals surface area contributed by atoms with Crippen LogP contribution in [0.3, 0.4) is 0 Å². The van der Waals surface area contributed by atoms with Gasteiger partial charge >= 0.3 is 0 Å². The monoisotopic (exact) mass is 258 g/mol. The Morgan fingerprint density at radius 1 is 1.47 bits per heavy atom. The summed E-state index contributed by atoms with van der Waals surface area (Å²) in [5.74, 6) is 0.636. The molecule has 1 amide bonds. The molecule has 1 aliphatic rings. The molecule has 1 aliphatic heterocycles. The van der Waals surface area contributed by atoms with E-state index < -0.39 is 0 Å². The van der Waals surface area contributed by atoms with Crippen LogP contribution in [-0.2, 0) is 4.79 Å². The second kappa shape index (κ2) is 6.64. The molecule has 1 heterocycles. The molecule has 0 aliphatic carbocycles. The van der Waals surface area contributed by atoms with Crippen molar-refractivity contribution in [2.45, 2.75) is 50.8 Å². The molecule has 0 aromatic heterocycles. The minimum absolute atomic E-state index is 0.0169. The van der Waals surface area contributed by atoms with E-state index in [9.17, 15) is 4.79 Å². The number of carbonyl (C=O) groups is 1. The van der Waals surface area contributed by atoms with Crippen molar-refractivity contribution in [3.8, 4) is 0 Å². The zero-order valence-electron chi connectivity index (χ0n) is 11.5. The fourth-order valence-electron chi connectivity index (χ4n) is 2.40. The Hall–Kier alpha value is -0.220. The van der Waals surface area contributed by atoms with Gasteiger partial charge in [0, 0.05) is 11.3 Å². The van der Waals surface area contributed by atoms with E-state index in [0.29, 0.717) is 5.92 Å². The third-order valence-electron chi connectivity index (χ3n) is 4.12. The van der Waals surface area contributed by atoms with Gasteiger partial charge in [-0.15, -0.1) is 0 Å². The zero-order chi connectivity index (χ0) is 12.9. The third kappa shape index (κ3) is 3.62. The standard InChI is InChI=1S/C13H26N2OS/c1-5-13(6-2,17-4)9-15-12(16)11-10(3)7-8-14-11/h10-11,14H,5-9H2,1-4H3,(H,15,16). The minimum atomic E-state index is 0.0169. The molecule has 0 radical (unpaired) electrons. The molecule has 0 bridgehead atoms. The maximum absolute atomic E-state index is 12.1. The van der Waals surface area contributed by atoms with Crippen LogP contribution in [0.25, 0.3) is 0 Å². The normalized spacial score (nSPS) is 24.9. The summed E-state index contributed by atoms with van der Waals surface area (Å²) in [4.78, 5) is 12.1. The Morgan fingerprint density at radius 2 is 2.12 bits per heavy atom. The van der Waals surface area contributed by atoms with Crippen LogP contribution in [0.2, 0.25) is 0 Å². The van der Waals surface area contributed by atoms with Gasteiger partial charge in [0.05, 0.1) is 6.04 Å². The summed E-state index contributed by atoms with van der Waals surface area (Å²) in [7, 11) is 0. The van der Waals surface area contributed by atoms with E-state index >= 15 is 0 Å². The van der Waals surface area contributed by atoms with Crippen LogP contribution in [0.4, 0.5) is 0 Å². The van der Waals surface area contributed by atoms with Crippen molar-refractivity contribution in [3.63, 3.8) is 0 Å². The maximum Gasteiger partial charge on any atom is 0.237 e. The number of rotatable bonds is 6. The predicted molar refractivity (Wildman–Crippen MR) is 75.4 cm³/mol. The van der Waals surface area contributed by atoms with Gasteiger partial charge in [-0.2, -0.15) is 11.8 Å². The molecule has 100 valence electrons. The lowest BCUT2D eigenvalue weighted by Crippen LogP contribution is -2.48. The van der Waals surface area contributed by atoms with Crippen LogP contribution in [0, 0.1) is 5.92 Å². The number of hydrogen-bond donors (Lipinski definition) is 2. The molecule has 3 nitrogen and oxygen atoms in total. The minimum Gasteiger partial charge on any atom is -0.353 e. The predicted octanol–water partition coefficient (Wildman–Crippen LogP) is 2.02. The summed E-state index contributed by atoms with van der Waals surface area (Å²) in [5.41, 5.74) is 0. The maximum atomic E-state index is 12.1. The Bertz CT molecular complexity index is 246. The summed E-state index contributed by atoms with van der Waals surface area (Å²) >= 11 is 1.87. The van der Waals surface area contributed by atoms with Gasteiger partial charge in [0.1, 0.15) is 0 Å². The molecule has 4 heteroatoms. The average molecular weight is 258 g/mol. The van der Waals surface area contributed by atoms with Crippen molar-refractivity contribution in [1.29, 1.82) is 0 Å². The lowest BCUT2D eigenvalue weighted by Gasteiger charge is -2.30. The van der Waals surface area contributed by atoms with Crippen molar-refractivity contribution in [2.75, 3.05) is 19.3 Å². The Kier molecular flexibility index (Phi) is 5.80. The molecular formula is C13H26N2OS. The Balaban J connectivity index is 2.46. The lowest BCUT2D eigenvalue weighted by molar-refractivity contribution is -0.123. The summed E-state index contributed by atoms with van der Waals surface area (Å²) in [6.07, 6.45) is 5.43. The van der Waals surface area contributed by atoms with Gasteiger partial charge < -0.3 is 10.6 Å². The molecule has 0 saturated carbocycles. The quantitative estimate of drug-likeness (QED) is 0.766. The fraction of sp³-hybridized carbons (Fsp3) is 0.923. The number of hydrogen-bond acceptors (Lipinski definition) is 3. The van der Waals surface area contributed by atoms with E-state index in [4.69, 9.17) is 0 Å². The highest BCUT2D eigenvalue weighted by Gasteiger charge is 2.31. The number of carbonyl (C=O) groups excluding carboxylic acids is 1. The SMILES string of the molecule is CCC(CC)(CNC(=O)C1NCCC1C)SC. The molecule has 17 heavy (non-hydrogen) atoms. The summed E-state index contributed by atoms with van der Waals surface area (Å²) in [6, 6.07) is 0.0169. The zero-order valence-corrected chi connectivity index (χ0v) is 12.3. The summed E-state index contributed by atoms with van der Waals surface area (Å²) in [6.45, 7) is 8.29. The highest BCUT2D eigenvalue weighted by atomic mass is 32.2. The molecule has 1 fully saturated rings. The molecule has 2 atom stereocenters. The van der Waals surface area contributed by atoms with E-state index in [1.165, 1.54) is 0 Å². The average Bonchev–Trinajstić information content (AvgIpc) is 2.78. The van der Waals surface area contributed by atoms with Gasteiger partial charge in [-0.05, 0) is 38.0 Å². The first-order chi connectivity index (χ1) is 8.08. The van der Waals surface area contributed by atoms with Gasteiger partial charge in [0.15, 0.2) is 0 Å². The van der Waals surface area contributed by atoms with E-state index in [-0.39, 0.29) is 16.7 Å². The Morgan fingerprint density at radius 3 is 2.53 bits per heavy atom. The first-order valence-corrected chi connectivity index (χ1v) is 7.87. The van der Waals surface area contributed by atoms with Crippen LogP contribution in [0.15, 0.2) is 0 Å².